The van der Waals surface area contributed by atoms with Crippen molar-refractivity contribution in [3.63, 3.8) is 0 Å². The molecule has 0 bridgehead atoms. The molecule has 0 aliphatic heterocycles. The highest BCUT2D eigenvalue weighted by molar-refractivity contribution is 7.92. The van der Waals surface area contributed by atoms with Crippen molar-refractivity contribution in [3.05, 3.63) is 113 Å². The number of nitrogens with zero attached hydrogens (tertiary/aromatic N) is 1. The quantitative estimate of drug-likeness (QED) is 0.309. The first-order chi connectivity index (χ1) is 16.2. The number of oxazole rings is 1. The van der Waals surface area contributed by atoms with Crippen molar-refractivity contribution < 1.29 is 13.7 Å². The highest BCUT2D eigenvalue weighted by atomic mass is 32.2. The Labute approximate surface area is 197 Å². The highest BCUT2D eigenvalue weighted by Gasteiger charge is 2.11. The van der Waals surface area contributed by atoms with E-state index in [0.29, 0.717) is 25.5 Å². The van der Waals surface area contributed by atoms with Gasteiger partial charge in [-0.05, 0) is 48.4 Å². The predicted octanol–water partition coefficient (Wildman–Crippen LogP) is 5.70. The summed E-state index contributed by atoms with van der Waals surface area (Å²) in [4.78, 5) is 4.62. The van der Waals surface area contributed by atoms with Crippen LogP contribution < -0.4 is 9.46 Å². The summed E-state index contributed by atoms with van der Waals surface area (Å²) in [5.74, 6) is 2.20. The van der Waals surface area contributed by atoms with Crippen LogP contribution in [0.5, 0.6) is 5.75 Å². The lowest BCUT2D eigenvalue weighted by molar-refractivity contribution is 0.319. The molecule has 0 aliphatic rings. The number of aryl methyl sites for hydroxylation is 1. The molecule has 1 aromatic heterocycles. The van der Waals surface area contributed by atoms with Crippen LogP contribution >= 0.6 is 0 Å². The molecule has 1 atom stereocenters. The third-order valence-corrected chi connectivity index (χ3v) is 5.83. The van der Waals surface area contributed by atoms with Gasteiger partial charge in [0.15, 0.2) is 0 Å². The maximum atomic E-state index is 12.2. The molecule has 3 aromatic carbocycles. The molecule has 0 saturated carbocycles. The molecule has 5 nitrogen and oxygen atoms in total. The number of benzene rings is 3. The molecule has 1 unspecified atom stereocenters. The predicted molar refractivity (Wildman–Crippen MR) is 133 cm³/mol. The summed E-state index contributed by atoms with van der Waals surface area (Å²) in [6.45, 7) is 2.89. The average Bonchev–Trinajstić information content (AvgIpc) is 3.23. The standard InChI is InChI=1S/C27H26N2O3S/c1-21-26(29-27(32-21)24-12-6-3-7-13-24)15-17-31-25-14-8-11-23(19-25)20-28-33(30)18-16-22-9-4-2-5-10-22/h2-14,16,18-19,28H,15,17,20H2,1H3/b18-16+. The van der Waals surface area contributed by atoms with Crippen molar-refractivity contribution in [3.8, 4) is 17.2 Å². The van der Waals surface area contributed by atoms with Crippen LogP contribution in [0, 0.1) is 6.92 Å². The van der Waals surface area contributed by atoms with Gasteiger partial charge in [0.05, 0.1) is 30.2 Å². The molecule has 168 valence electrons. The van der Waals surface area contributed by atoms with Crippen LogP contribution in [0.25, 0.3) is 17.5 Å². The van der Waals surface area contributed by atoms with Gasteiger partial charge >= 0.3 is 0 Å². The Balaban J connectivity index is 1.26. The van der Waals surface area contributed by atoms with Crippen LogP contribution in [0.3, 0.4) is 0 Å². The second-order valence-corrected chi connectivity index (χ2v) is 8.62. The van der Waals surface area contributed by atoms with Gasteiger partial charge in [0, 0.05) is 12.0 Å². The molecule has 4 rings (SSSR count). The van der Waals surface area contributed by atoms with E-state index in [9.17, 15) is 4.55 Å². The van der Waals surface area contributed by atoms with E-state index in [1.165, 1.54) is 0 Å². The van der Waals surface area contributed by atoms with Gasteiger partial charge in [-0.2, -0.15) is 0 Å². The maximum absolute atomic E-state index is 12.2. The first kappa shape index (κ1) is 22.9. The van der Waals surface area contributed by atoms with E-state index in [-0.39, 0.29) is 0 Å². The maximum Gasteiger partial charge on any atom is 0.226 e. The number of hydrogen-bond donors (Lipinski definition) is 1. The van der Waals surface area contributed by atoms with Crippen molar-refractivity contribution in [2.45, 2.75) is 19.9 Å². The van der Waals surface area contributed by atoms with Gasteiger partial charge in [-0.1, -0.05) is 60.7 Å². The summed E-state index contributed by atoms with van der Waals surface area (Å²) in [7, 11) is 0. The fourth-order valence-corrected chi connectivity index (χ4v) is 3.97. The second kappa shape index (κ2) is 11.5. The van der Waals surface area contributed by atoms with E-state index < -0.39 is 11.4 Å². The van der Waals surface area contributed by atoms with Crippen LogP contribution in [0.15, 0.2) is 94.8 Å². The molecule has 6 heteroatoms. The van der Waals surface area contributed by atoms with Crippen molar-refractivity contribution in [2.24, 2.45) is 0 Å². The van der Waals surface area contributed by atoms with Crippen LogP contribution in [0.2, 0.25) is 0 Å². The van der Waals surface area contributed by atoms with E-state index in [4.69, 9.17) is 9.15 Å². The first-order valence-corrected chi connectivity index (χ1v) is 12.0. The van der Waals surface area contributed by atoms with Gasteiger partial charge in [-0.15, -0.1) is 4.72 Å². The lowest BCUT2D eigenvalue weighted by Crippen LogP contribution is -2.20. The third-order valence-electron chi connectivity index (χ3n) is 5.02. The van der Waals surface area contributed by atoms with Crippen LogP contribution in [-0.4, -0.2) is 16.1 Å². The van der Waals surface area contributed by atoms with Gasteiger partial charge in [-0.25, -0.2) is 4.98 Å². The summed E-state index contributed by atoms with van der Waals surface area (Å²) in [6.07, 6.45) is 2.50. The Hall–Kier alpha value is -3.32. The Bertz CT molecular complexity index is 1180. The van der Waals surface area contributed by atoms with E-state index >= 15 is 0 Å². The molecule has 0 saturated heterocycles. The minimum Gasteiger partial charge on any atom is -0.593 e. The number of aromatic nitrogens is 1. The molecule has 0 amide bonds. The monoisotopic (exact) mass is 458 g/mol. The molecular formula is C27H26N2O3S. The molecule has 0 radical (unpaired) electrons. The van der Waals surface area contributed by atoms with E-state index in [1.54, 1.807) is 5.41 Å². The van der Waals surface area contributed by atoms with Crippen LogP contribution in [0.4, 0.5) is 0 Å². The second-order valence-electron chi connectivity index (χ2n) is 7.47. The SMILES string of the molecule is Cc1oc(-c2ccccc2)nc1CCOc1cccc(CN[S+]([O-])/C=C/c2ccccc2)c1. The number of ether oxygens (including phenoxy) is 1. The minimum atomic E-state index is -1.26. The molecule has 0 aliphatic carbocycles. The molecule has 1 heterocycles. The van der Waals surface area contributed by atoms with Crippen molar-refractivity contribution in [1.29, 1.82) is 0 Å². The fraction of sp³-hybridized carbons (Fsp3) is 0.148. The van der Waals surface area contributed by atoms with Crippen molar-refractivity contribution >= 4 is 17.4 Å². The zero-order valence-electron chi connectivity index (χ0n) is 18.4. The minimum absolute atomic E-state index is 0.478. The molecular weight excluding hydrogens is 432 g/mol. The molecule has 0 fully saturated rings. The summed E-state index contributed by atoms with van der Waals surface area (Å²) in [5, 5.41) is 1.65. The normalized spacial score (nSPS) is 12.2. The van der Waals surface area contributed by atoms with Crippen LogP contribution in [0.1, 0.15) is 22.6 Å². The van der Waals surface area contributed by atoms with Crippen molar-refractivity contribution in [2.75, 3.05) is 6.61 Å². The third kappa shape index (κ3) is 6.83. The van der Waals surface area contributed by atoms with E-state index in [0.717, 1.165) is 33.9 Å². The number of nitrogens with one attached hydrogen (secondary N) is 1. The summed E-state index contributed by atoms with van der Waals surface area (Å²) in [5.41, 5.74) is 3.87. The smallest absolute Gasteiger partial charge is 0.226 e. The molecule has 4 aromatic rings. The molecule has 1 N–H and O–H groups in total. The van der Waals surface area contributed by atoms with E-state index in [2.05, 4.69) is 9.71 Å². The summed E-state index contributed by atoms with van der Waals surface area (Å²) in [6, 6.07) is 27.4. The Morgan fingerprint density at radius 2 is 1.76 bits per heavy atom. The van der Waals surface area contributed by atoms with Crippen molar-refractivity contribution in [1.82, 2.24) is 9.71 Å². The van der Waals surface area contributed by atoms with E-state index in [1.807, 2.05) is 97.9 Å². The van der Waals surface area contributed by atoms with Gasteiger partial charge in [0.25, 0.3) is 0 Å². The van der Waals surface area contributed by atoms with Gasteiger partial charge in [-0.3, -0.25) is 0 Å². The summed E-state index contributed by atoms with van der Waals surface area (Å²) >= 11 is -1.26. The molecule has 0 spiro atoms. The Morgan fingerprint density at radius 1 is 1.00 bits per heavy atom. The highest BCUT2D eigenvalue weighted by Crippen LogP contribution is 2.22. The topological polar surface area (TPSA) is 70.4 Å². The Morgan fingerprint density at radius 3 is 2.55 bits per heavy atom. The number of hydrogen-bond acceptors (Lipinski definition) is 5. The zero-order chi connectivity index (χ0) is 22.9. The zero-order valence-corrected chi connectivity index (χ0v) is 19.3. The lowest BCUT2D eigenvalue weighted by atomic mass is 10.2. The van der Waals surface area contributed by atoms with Gasteiger partial charge < -0.3 is 13.7 Å². The summed E-state index contributed by atoms with van der Waals surface area (Å²) < 4.78 is 27.0. The fourth-order valence-electron chi connectivity index (χ4n) is 3.28. The molecule has 33 heavy (non-hydrogen) atoms. The lowest BCUT2D eigenvalue weighted by Gasteiger charge is -2.09. The largest absolute Gasteiger partial charge is 0.593 e. The number of rotatable bonds is 10. The van der Waals surface area contributed by atoms with Gasteiger partial charge in [0.2, 0.25) is 5.89 Å². The Kier molecular flexibility index (Phi) is 7.98. The average molecular weight is 459 g/mol. The first-order valence-electron chi connectivity index (χ1n) is 10.8. The van der Waals surface area contributed by atoms with Gasteiger partial charge in [0.1, 0.15) is 16.9 Å². The van der Waals surface area contributed by atoms with Crippen LogP contribution in [-0.2, 0) is 24.3 Å².